The molecule has 21 heavy (non-hydrogen) atoms. The van der Waals surface area contributed by atoms with Crippen LogP contribution in [0.2, 0.25) is 0 Å². The van der Waals surface area contributed by atoms with Crippen LogP contribution in [0.4, 0.5) is 11.5 Å². The number of nitro groups is 1. The first-order valence-electron chi connectivity index (χ1n) is 6.08. The number of nitrogens with zero attached hydrogens (tertiary/aromatic N) is 3. The molecular formula is C12H15N5O4. The minimum Gasteiger partial charge on any atom is -0.383 e. The molecule has 0 saturated carbocycles. The number of nitriles is 1. The third kappa shape index (κ3) is 4.70. The van der Waals surface area contributed by atoms with Gasteiger partial charge < -0.3 is 15.4 Å². The first-order valence-corrected chi connectivity index (χ1v) is 6.08. The van der Waals surface area contributed by atoms with Gasteiger partial charge in [0.15, 0.2) is 0 Å². The standard InChI is InChI=1S/C12H15N5O4/c1-8(12(18)14-5-6-21-2)15-11-4-3-10(17(19)20)9(7-13)16-11/h3-4,8H,5-6H2,1-2H3,(H,14,18)(H,15,16). The SMILES string of the molecule is COCCNC(=O)C(C)Nc1ccc([N+](=O)[O-])c(C#N)n1. The van der Waals surface area contributed by atoms with Crippen LogP contribution in [-0.2, 0) is 9.53 Å². The van der Waals surface area contributed by atoms with Crippen molar-refractivity contribution in [3.63, 3.8) is 0 Å². The molecule has 1 unspecified atom stereocenters. The van der Waals surface area contributed by atoms with Crippen LogP contribution < -0.4 is 10.6 Å². The molecule has 0 radical (unpaired) electrons. The molecule has 1 aromatic rings. The van der Waals surface area contributed by atoms with Crippen LogP contribution >= 0.6 is 0 Å². The summed E-state index contributed by atoms with van der Waals surface area (Å²) in [6.45, 7) is 2.38. The van der Waals surface area contributed by atoms with Gasteiger partial charge in [-0.05, 0) is 13.0 Å². The van der Waals surface area contributed by atoms with E-state index in [9.17, 15) is 14.9 Å². The average molecular weight is 293 g/mol. The molecule has 0 aliphatic heterocycles. The van der Waals surface area contributed by atoms with Gasteiger partial charge in [0, 0.05) is 19.7 Å². The predicted octanol–water partition coefficient (Wildman–Crippen LogP) is 0.424. The van der Waals surface area contributed by atoms with Crippen LogP contribution in [0.15, 0.2) is 12.1 Å². The van der Waals surface area contributed by atoms with Crippen LogP contribution in [0.1, 0.15) is 12.6 Å². The van der Waals surface area contributed by atoms with Crippen molar-refractivity contribution in [2.45, 2.75) is 13.0 Å². The maximum Gasteiger partial charge on any atom is 0.305 e. The molecule has 1 heterocycles. The molecular weight excluding hydrogens is 278 g/mol. The summed E-state index contributed by atoms with van der Waals surface area (Å²) in [5, 5.41) is 24.9. The normalized spacial score (nSPS) is 11.3. The summed E-state index contributed by atoms with van der Waals surface area (Å²) < 4.78 is 4.81. The molecule has 0 aromatic carbocycles. The second-order valence-corrected chi connectivity index (χ2v) is 4.08. The van der Waals surface area contributed by atoms with Gasteiger partial charge in [-0.2, -0.15) is 5.26 Å². The second kappa shape index (κ2) is 7.76. The minimum absolute atomic E-state index is 0.214. The second-order valence-electron chi connectivity index (χ2n) is 4.08. The molecule has 9 nitrogen and oxygen atoms in total. The summed E-state index contributed by atoms with van der Waals surface area (Å²) in [5.41, 5.74) is -0.683. The maximum absolute atomic E-state index is 11.7. The van der Waals surface area contributed by atoms with Gasteiger partial charge >= 0.3 is 5.69 Å². The summed E-state index contributed by atoms with van der Waals surface area (Å²) >= 11 is 0. The Balaban J connectivity index is 2.73. The molecule has 112 valence electrons. The predicted molar refractivity (Wildman–Crippen MR) is 73.6 cm³/mol. The molecule has 1 aromatic heterocycles. The number of carbonyl (C=O) groups excluding carboxylic acids is 1. The Morgan fingerprint density at radius 2 is 2.33 bits per heavy atom. The number of ether oxygens (including phenoxy) is 1. The van der Waals surface area contributed by atoms with Gasteiger partial charge in [-0.1, -0.05) is 0 Å². The Hall–Kier alpha value is -2.73. The fourth-order valence-corrected chi connectivity index (χ4v) is 1.48. The molecule has 1 rings (SSSR count). The molecule has 0 aliphatic carbocycles. The molecule has 0 bridgehead atoms. The van der Waals surface area contributed by atoms with Crippen molar-refractivity contribution in [3.05, 3.63) is 27.9 Å². The van der Waals surface area contributed by atoms with E-state index < -0.39 is 11.0 Å². The number of hydrogen-bond acceptors (Lipinski definition) is 7. The lowest BCUT2D eigenvalue weighted by atomic mass is 10.2. The molecule has 0 saturated heterocycles. The lowest BCUT2D eigenvalue weighted by molar-refractivity contribution is -0.385. The largest absolute Gasteiger partial charge is 0.383 e. The minimum atomic E-state index is -0.684. The van der Waals surface area contributed by atoms with E-state index in [-0.39, 0.29) is 23.1 Å². The summed E-state index contributed by atoms with van der Waals surface area (Å²) in [6, 6.07) is 3.56. The summed E-state index contributed by atoms with van der Waals surface area (Å²) in [5.74, 6) is -0.0581. The molecule has 0 fully saturated rings. The van der Waals surface area contributed by atoms with Crippen LogP contribution in [0.3, 0.4) is 0 Å². The third-order valence-corrected chi connectivity index (χ3v) is 2.54. The van der Waals surface area contributed by atoms with Gasteiger partial charge in [-0.15, -0.1) is 0 Å². The van der Waals surface area contributed by atoms with E-state index in [2.05, 4.69) is 15.6 Å². The number of pyridine rings is 1. The highest BCUT2D eigenvalue weighted by Crippen LogP contribution is 2.18. The topological polar surface area (TPSA) is 130 Å². The Morgan fingerprint density at radius 1 is 1.62 bits per heavy atom. The number of nitrogens with one attached hydrogen (secondary N) is 2. The molecule has 9 heteroatoms. The molecule has 0 aliphatic rings. The molecule has 1 atom stereocenters. The summed E-state index contributed by atoms with van der Waals surface area (Å²) in [6.07, 6.45) is 0. The van der Waals surface area contributed by atoms with Crippen molar-refractivity contribution < 1.29 is 14.5 Å². The Bertz CT molecular complexity index is 569. The van der Waals surface area contributed by atoms with Gasteiger partial charge in [0.2, 0.25) is 11.6 Å². The molecule has 1 amide bonds. The fourth-order valence-electron chi connectivity index (χ4n) is 1.48. The molecule has 0 spiro atoms. The van der Waals surface area contributed by atoms with E-state index in [4.69, 9.17) is 10.00 Å². The van der Waals surface area contributed by atoms with E-state index >= 15 is 0 Å². The Kier molecular flexibility index (Phi) is 6.03. The number of methoxy groups -OCH3 is 1. The zero-order valence-corrected chi connectivity index (χ0v) is 11.6. The van der Waals surface area contributed by atoms with Crippen LogP contribution in [0.5, 0.6) is 0 Å². The van der Waals surface area contributed by atoms with Crippen LogP contribution in [0.25, 0.3) is 0 Å². The number of rotatable bonds is 7. The van der Waals surface area contributed by atoms with Gasteiger partial charge in [0.05, 0.1) is 11.5 Å². The lowest BCUT2D eigenvalue weighted by Crippen LogP contribution is -2.39. The quantitative estimate of drug-likeness (QED) is 0.423. The fraction of sp³-hybridized carbons (Fsp3) is 0.417. The van der Waals surface area contributed by atoms with E-state index in [1.807, 2.05) is 0 Å². The zero-order valence-electron chi connectivity index (χ0n) is 11.6. The highest BCUT2D eigenvalue weighted by Gasteiger charge is 2.18. The first kappa shape index (κ1) is 16.3. The van der Waals surface area contributed by atoms with Crippen LogP contribution in [0, 0.1) is 21.4 Å². The number of amides is 1. The summed E-state index contributed by atoms with van der Waals surface area (Å²) in [4.78, 5) is 25.5. The van der Waals surface area contributed by atoms with Crippen molar-refractivity contribution in [1.82, 2.24) is 10.3 Å². The van der Waals surface area contributed by atoms with Crippen molar-refractivity contribution in [2.75, 3.05) is 25.6 Å². The van der Waals surface area contributed by atoms with E-state index in [0.29, 0.717) is 13.2 Å². The highest BCUT2D eigenvalue weighted by atomic mass is 16.6. The van der Waals surface area contributed by atoms with Gasteiger partial charge in [-0.25, -0.2) is 4.98 Å². The van der Waals surface area contributed by atoms with Crippen molar-refractivity contribution in [3.8, 4) is 6.07 Å². The van der Waals surface area contributed by atoms with E-state index in [1.165, 1.54) is 19.2 Å². The van der Waals surface area contributed by atoms with Crippen molar-refractivity contribution in [1.29, 1.82) is 5.26 Å². The van der Waals surface area contributed by atoms with Gasteiger partial charge in [-0.3, -0.25) is 14.9 Å². The smallest absolute Gasteiger partial charge is 0.305 e. The number of carbonyl (C=O) groups is 1. The maximum atomic E-state index is 11.7. The zero-order chi connectivity index (χ0) is 15.8. The highest BCUT2D eigenvalue weighted by molar-refractivity contribution is 5.83. The lowest BCUT2D eigenvalue weighted by Gasteiger charge is -2.14. The number of hydrogen-bond donors (Lipinski definition) is 2. The average Bonchev–Trinajstić information content (AvgIpc) is 2.46. The van der Waals surface area contributed by atoms with Gasteiger partial charge in [0.1, 0.15) is 17.9 Å². The van der Waals surface area contributed by atoms with Gasteiger partial charge in [0.25, 0.3) is 0 Å². The Labute approximate surface area is 121 Å². The Morgan fingerprint density at radius 3 is 2.90 bits per heavy atom. The number of aromatic nitrogens is 1. The van der Waals surface area contributed by atoms with Crippen molar-refractivity contribution >= 4 is 17.4 Å². The number of anilines is 1. The first-order chi connectivity index (χ1) is 9.99. The monoisotopic (exact) mass is 293 g/mol. The molecule has 2 N–H and O–H groups in total. The summed E-state index contributed by atoms with van der Waals surface area (Å²) in [7, 11) is 1.53. The van der Waals surface area contributed by atoms with Crippen LogP contribution in [-0.4, -0.2) is 42.1 Å². The van der Waals surface area contributed by atoms with E-state index in [0.717, 1.165) is 0 Å². The van der Waals surface area contributed by atoms with E-state index in [1.54, 1.807) is 13.0 Å². The van der Waals surface area contributed by atoms with Crippen molar-refractivity contribution in [2.24, 2.45) is 0 Å². The third-order valence-electron chi connectivity index (χ3n) is 2.54.